The summed E-state index contributed by atoms with van der Waals surface area (Å²) >= 11 is 1.62. The molecule has 0 unspecified atom stereocenters. The predicted octanol–water partition coefficient (Wildman–Crippen LogP) is 4.44. The smallest absolute Gasteiger partial charge is 0.163 e. The molecule has 1 N–H and O–H groups in total. The molecule has 3 heterocycles. The molecule has 0 spiro atoms. The largest absolute Gasteiger partial charge is 0.457 e. The van der Waals surface area contributed by atoms with E-state index in [1.165, 1.54) is 0 Å². The number of nitrogens with zero attached hydrogens (tertiary/aromatic N) is 3. The van der Waals surface area contributed by atoms with Crippen molar-refractivity contribution in [3.8, 4) is 16.8 Å². The lowest BCUT2D eigenvalue weighted by molar-refractivity contribution is 0.531. The van der Waals surface area contributed by atoms with Gasteiger partial charge in [0.2, 0.25) is 0 Å². The third kappa shape index (κ3) is 2.85. The van der Waals surface area contributed by atoms with Crippen molar-refractivity contribution in [1.82, 2.24) is 9.97 Å². The van der Waals surface area contributed by atoms with E-state index in [1.807, 2.05) is 42.5 Å². The van der Waals surface area contributed by atoms with Gasteiger partial charge in [0.05, 0.1) is 28.6 Å². The van der Waals surface area contributed by atoms with Crippen molar-refractivity contribution >= 4 is 27.2 Å². The van der Waals surface area contributed by atoms with Crippen LogP contribution < -0.4 is 5.32 Å². The molecule has 0 aliphatic heterocycles. The molecule has 1 aromatic carbocycles. The average molecular weight is 332 g/mol. The molecule has 24 heavy (non-hydrogen) atoms. The van der Waals surface area contributed by atoms with Crippen LogP contribution in [-0.2, 0) is 6.54 Å². The average Bonchev–Trinajstić information content (AvgIpc) is 3.27. The van der Waals surface area contributed by atoms with Gasteiger partial charge in [-0.3, -0.25) is 0 Å². The van der Waals surface area contributed by atoms with Crippen LogP contribution in [0.2, 0.25) is 0 Å². The van der Waals surface area contributed by atoms with Crippen molar-refractivity contribution in [3.63, 3.8) is 0 Å². The number of nitrogens with one attached hydrogen (secondary N) is 1. The van der Waals surface area contributed by atoms with E-state index in [4.69, 9.17) is 9.68 Å². The first-order valence-corrected chi connectivity index (χ1v) is 8.18. The molecule has 116 valence electrons. The highest BCUT2D eigenvalue weighted by Gasteiger charge is 2.10. The van der Waals surface area contributed by atoms with E-state index < -0.39 is 0 Å². The summed E-state index contributed by atoms with van der Waals surface area (Å²) in [5.41, 5.74) is 2.22. The topological polar surface area (TPSA) is 74.7 Å². The van der Waals surface area contributed by atoms with Crippen LogP contribution in [0.3, 0.4) is 0 Å². The first-order chi connectivity index (χ1) is 11.8. The van der Waals surface area contributed by atoms with Crippen molar-refractivity contribution in [1.29, 1.82) is 5.26 Å². The van der Waals surface area contributed by atoms with Crippen LogP contribution in [0.5, 0.6) is 0 Å². The van der Waals surface area contributed by atoms with Crippen LogP contribution in [0.25, 0.3) is 21.0 Å². The number of para-hydroxylation sites is 1. The van der Waals surface area contributed by atoms with Crippen LogP contribution in [0.4, 0.5) is 5.69 Å². The zero-order valence-electron chi connectivity index (χ0n) is 12.6. The molecule has 0 bridgehead atoms. The summed E-state index contributed by atoms with van der Waals surface area (Å²) in [5.74, 6) is 1.58. The number of pyridine rings is 1. The molecular weight excluding hydrogens is 320 g/mol. The molecule has 0 aliphatic carbocycles. The van der Waals surface area contributed by atoms with Gasteiger partial charge in [-0.2, -0.15) is 5.26 Å². The van der Waals surface area contributed by atoms with Gasteiger partial charge in [0.15, 0.2) is 10.8 Å². The number of hydrogen-bond acceptors (Lipinski definition) is 6. The molecule has 0 aliphatic rings. The maximum atomic E-state index is 8.75. The summed E-state index contributed by atoms with van der Waals surface area (Å²) in [6.07, 6.45) is 1.63. The second-order valence-corrected chi connectivity index (χ2v) is 6.18. The van der Waals surface area contributed by atoms with Gasteiger partial charge in [-0.25, -0.2) is 9.97 Å². The number of thiazole rings is 1. The molecule has 0 saturated heterocycles. The fourth-order valence-corrected chi connectivity index (χ4v) is 3.25. The minimum absolute atomic E-state index is 0.400. The highest BCUT2D eigenvalue weighted by atomic mass is 32.1. The first kappa shape index (κ1) is 14.4. The van der Waals surface area contributed by atoms with Gasteiger partial charge in [-0.05, 0) is 36.4 Å². The lowest BCUT2D eigenvalue weighted by Gasteiger charge is -2.03. The Morgan fingerprint density at radius 1 is 1.12 bits per heavy atom. The summed E-state index contributed by atoms with van der Waals surface area (Å²) in [6, 6.07) is 17.4. The number of fused-ring (bicyclic) bond motifs is 1. The van der Waals surface area contributed by atoms with E-state index in [0.717, 1.165) is 32.4 Å². The monoisotopic (exact) mass is 332 g/mol. The van der Waals surface area contributed by atoms with Gasteiger partial charge in [0.25, 0.3) is 0 Å². The van der Waals surface area contributed by atoms with Crippen LogP contribution >= 0.6 is 11.3 Å². The number of aromatic nitrogens is 2. The van der Waals surface area contributed by atoms with Crippen LogP contribution in [0, 0.1) is 11.3 Å². The molecule has 4 rings (SSSR count). The Kier molecular flexibility index (Phi) is 3.69. The Morgan fingerprint density at radius 3 is 2.83 bits per heavy atom. The standard InChI is InChI=1S/C18H12N4OS/c19-9-12-5-6-13(10-20-12)21-11-14-7-8-16(23-14)18-22-15-3-1-2-4-17(15)24-18/h1-8,10,21H,11H2. The van der Waals surface area contributed by atoms with E-state index in [9.17, 15) is 0 Å². The third-order valence-electron chi connectivity index (χ3n) is 3.51. The molecule has 0 saturated carbocycles. The SMILES string of the molecule is N#Cc1ccc(NCc2ccc(-c3nc4ccccc4s3)o2)cn1. The van der Waals surface area contributed by atoms with E-state index in [1.54, 1.807) is 23.6 Å². The van der Waals surface area contributed by atoms with Gasteiger partial charge in [0.1, 0.15) is 17.5 Å². The number of nitriles is 1. The highest BCUT2D eigenvalue weighted by molar-refractivity contribution is 7.21. The summed E-state index contributed by atoms with van der Waals surface area (Å²) in [4.78, 5) is 8.62. The van der Waals surface area contributed by atoms with Gasteiger partial charge < -0.3 is 9.73 Å². The van der Waals surface area contributed by atoms with Crippen molar-refractivity contribution < 1.29 is 4.42 Å². The second kappa shape index (κ2) is 6.14. The fraction of sp³-hybridized carbons (Fsp3) is 0.0556. The van der Waals surface area contributed by atoms with Crippen molar-refractivity contribution in [2.45, 2.75) is 6.54 Å². The number of hydrogen-bond donors (Lipinski definition) is 1. The number of anilines is 1. The van der Waals surface area contributed by atoms with Crippen LogP contribution in [-0.4, -0.2) is 9.97 Å². The van der Waals surface area contributed by atoms with Gasteiger partial charge in [0, 0.05) is 0 Å². The molecule has 6 heteroatoms. The summed E-state index contributed by atoms with van der Waals surface area (Å²) in [7, 11) is 0. The minimum atomic E-state index is 0.400. The van der Waals surface area contributed by atoms with E-state index in [2.05, 4.69) is 21.4 Å². The predicted molar refractivity (Wildman–Crippen MR) is 93.6 cm³/mol. The van der Waals surface area contributed by atoms with Crippen LogP contribution in [0.15, 0.2) is 59.1 Å². The quantitative estimate of drug-likeness (QED) is 0.598. The van der Waals surface area contributed by atoms with E-state index in [0.29, 0.717) is 12.2 Å². The van der Waals surface area contributed by atoms with Crippen molar-refractivity contribution in [3.05, 3.63) is 66.2 Å². The zero-order chi connectivity index (χ0) is 16.4. The van der Waals surface area contributed by atoms with Crippen molar-refractivity contribution in [2.75, 3.05) is 5.32 Å². The van der Waals surface area contributed by atoms with Crippen LogP contribution in [0.1, 0.15) is 11.5 Å². The molecule has 0 fully saturated rings. The van der Waals surface area contributed by atoms with Gasteiger partial charge >= 0.3 is 0 Å². The van der Waals surface area contributed by atoms with E-state index in [-0.39, 0.29) is 0 Å². The Hall–Kier alpha value is -3.17. The number of benzene rings is 1. The number of rotatable bonds is 4. The first-order valence-electron chi connectivity index (χ1n) is 7.36. The Labute approximate surface area is 142 Å². The third-order valence-corrected chi connectivity index (χ3v) is 4.56. The van der Waals surface area contributed by atoms with Gasteiger partial charge in [-0.15, -0.1) is 11.3 Å². The lowest BCUT2D eigenvalue weighted by atomic mass is 10.3. The Morgan fingerprint density at radius 2 is 2.04 bits per heavy atom. The molecular formula is C18H12N4OS. The summed E-state index contributed by atoms with van der Waals surface area (Å²) in [6.45, 7) is 0.540. The molecule has 0 atom stereocenters. The maximum Gasteiger partial charge on any atom is 0.163 e. The molecule has 0 amide bonds. The Balaban J connectivity index is 1.49. The normalized spacial score (nSPS) is 10.6. The van der Waals surface area contributed by atoms with Gasteiger partial charge in [-0.1, -0.05) is 12.1 Å². The minimum Gasteiger partial charge on any atom is -0.457 e. The fourth-order valence-electron chi connectivity index (χ4n) is 2.32. The molecule has 5 nitrogen and oxygen atoms in total. The summed E-state index contributed by atoms with van der Waals surface area (Å²) < 4.78 is 7.02. The van der Waals surface area contributed by atoms with E-state index >= 15 is 0 Å². The molecule has 0 radical (unpaired) electrons. The number of furan rings is 1. The Bertz CT molecular complexity index is 994. The molecule has 4 aromatic rings. The summed E-state index contributed by atoms with van der Waals surface area (Å²) in [5, 5.41) is 12.8. The lowest BCUT2D eigenvalue weighted by Crippen LogP contribution is -1.98. The van der Waals surface area contributed by atoms with Crippen molar-refractivity contribution in [2.24, 2.45) is 0 Å². The zero-order valence-corrected chi connectivity index (χ0v) is 13.4. The maximum absolute atomic E-state index is 8.75. The molecule has 3 aromatic heterocycles. The highest BCUT2D eigenvalue weighted by Crippen LogP contribution is 2.31. The second-order valence-electron chi connectivity index (χ2n) is 5.15.